The Labute approximate surface area is 90.5 Å². The van der Waals surface area contributed by atoms with E-state index in [1.165, 1.54) is 6.26 Å². The fourth-order valence-corrected chi connectivity index (χ4v) is 1.58. The molecular formula is C8H19N3O3S. The van der Waals surface area contributed by atoms with E-state index in [0.29, 0.717) is 19.5 Å². The summed E-state index contributed by atoms with van der Waals surface area (Å²) in [6.45, 7) is 0.990. The Bertz CT molecular complexity index is 302. The van der Waals surface area contributed by atoms with E-state index in [2.05, 4.69) is 0 Å². The number of primary amides is 1. The molecule has 0 aliphatic rings. The molecule has 0 heterocycles. The van der Waals surface area contributed by atoms with E-state index < -0.39 is 21.8 Å². The smallest absolute Gasteiger partial charge is 0.234 e. The first-order valence-corrected chi connectivity index (χ1v) is 6.69. The molecule has 0 saturated carbocycles. The fourth-order valence-electron chi connectivity index (χ4n) is 0.935. The van der Waals surface area contributed by atoms with Crippen LogP contribution in [0.3, 0.4) is 0 Å². The average molecular weight is 237 g/mol. The van der Waals surface area contributed by atoms with Gasteiger partial charge in [0.15, 0.2) is 0 Å². The molecule has 0 aliphatic heterocycles. The standard InChI is InChI=1S/C8H19N3O3S/c1-11(5-6-15(2,13)14)4-3-7(9)8(10)12/h7H,3-6,9H2,1-2H3,(H2,10,12). The Hall–Kier alpha value is -0.660. The number of nitrogens with two attached hydrogens (primary N) is 2. The Kier molecular flexibility index (Phi) is 5.77. The summed E-state index contributed by atoms with van der Waals surface area (Å²) in [6.07, 6.45) is 1.63. The van der Waals surface area contributed by atoms with Crippen LogP contribution in [0.25, 0.3) is 0 Å². The lowest BCUT2D eigenvalue weighted by atomic mass is 10.2. The van der Waals surface area contributed by atoms with Gasteiger partial charge in [0.05, 0.1) is 11.8 Å². The Morgan fingerprint density at radius 2 is 1.93 bits per heavy atom. The molecule has 0 radical (unpaired) electrons. The van der Waals surface area contributed by atoms with Crippen molar-refractivity contribution >= 4 is 15.7 Å². The highest BCUT2D eigenvalue weighted by Crippen LogP contribution is 1.93. The molecule has 0 aromatic heterocycles. The first-order valence-electron chi connectivity index (χ1n) is 4.63. The van der Waals surface area contributed by atoms with E-state index in [1.54, 1.807) is 7.05 Å². The number of carbonyl (C=O) groups excluding carboxylic acids is 1. The van der Waals surface area contributed by atoms with E-state index >= 15 is 0 Å². The number of carbonyl (C=O) groups is 1. The lowest BCUT2D eigenvalue weighted by molar-refractivity contribution is -0.119. The summed E-state index contributed by atoms with van der Waals surface area (Å²) in [7, 11) is -1.16. The van der Waals surface area contributed by atoms with Gasteiger partial charge in [0, 0.05) is 12.8 Å². The summed E-state index contributed by atoms with van der Waals surface area (Å²) in [5.74, 6) is -0.429. The highest BCUT2D eigenvalue weighted by molar-refractivity contribution is 7.90. The molecule has 6 nitrogen and oxygen atoms in total. The summed E-state index contributed by atoms with van der Waals surface area (Å²) >= 11 is 0. The van der Waals surface area contributed by atoms with Crippen molar-refractivity contribution in [3.63, 3.8) is 0 Å². The highest BCUT2D eigenvalue weighted by Gasteiger charge is 2.11. The van der Waals surface area contributed by atoms with Crippen LogP contribution in [0.5, 0.6) is 0 Å². The third-order valence-corrected chi connectivity index (χ3v) is 2.96. The topological polar surface area (TPSA) is 106 Å². The Morgan fingerprint density at radius 1 is 1.40 bits per heavy atom. The van der Waals surface area contributed by atoms with Crippen molar-refractivity contribution in [2.75, 3.05) is 32.1 Å². The minimum absolute atomic E-state index is 0.106. The largest absolute Gasteiger partial charge is 0.368 e. The van der Waals surface area contributed by atoms with Crippen molar-refractivity contribution in [1.29, 1.82) is 0 Å². The molecule has 0 fully saturated rings. The number of hydrogen-bond donors (Lipinski definition) is 2. The SMILES string of the molecule is CN(CCC(N)C(N)=O)CCS(C)(=O)=O. The summed E-state index contributed by atoms with van der Waals surface area (Å²) in [6, 6.07) is -0.661. The van der Waals surface area contributed by atoms with E-state index in [9.17, 15) is 13.2 Å². The second-order valence-electron chi connectivity index (χ2n) is 3.73. The molecule has 0 aliphatic carbocycles. The van der Waals surface area contributed by atoms with Crippen LogP contribution in [-0.4, -0.2) is 57.4 Å². The van der Waals surface area contributed by atoms with Crippen molar-refractivity contribution in [2.24, 2.45) is 11.5 Å². The molecular weight excluding hydrogens is 218 g/mol. The van der Waals surface area contributed by atoms with Gasteiger partial charge < -0.3 is 16.4 Å². The zero-order valence-corrected chi connectivity index (χ0v) is 9.96. The maximum atomic E-state index is 10.9. The molecule has 0 aromatic rings. The molecule has 1 atom stereocenters. The van der Waals surface area contributed by atoms with Gasteiger partial charge in [-0.1, -0.05) is 0 Å². The van der Waals surface area contributed by atoms with Crippen LogP contribution in [0.4, 0.5) is 0 Å². The van der Waals surface area contributed by atoms with E-state index in [1.807, 2.05) is 4.90 Å². The molecule has 1 unspecified atom stereocenters. The van der Waals surface area contributed by atoms with Crippen LogP contribution in [0.2, 0.25) is 0 Å². The van der Waals surface area contributed by atoms with Crippen LogP contribution in [0.15, 0.2) is 0 Å². The fraction of sp³-hybridized carbons (Fsp3) is 0.875. The van der Waals surface area contributed by atoms with Gasteiger partial charge in [-0.15, -0.1) is 0 Å². The maximum Gasteiger partial charge on any atom is 0.234 e. The van der Waals surface area contributed by atoms with Gasteiger partial charge in [-0.05, 0) is 20.0 Å². The molecule has 0 rings (SSSR count). The monoisotopic (exact) mass is 237 g/mol. The second-order valence-corrected chi connectivity index (χ2v) is 5.99. The number of nitrogens with zero attached hydrogens (tertiary/aromatic N) is 1. The molecule has 15 heavy (non-hydrogen) atoms. The lowest BCUT2D eigenvalue weighted by Crippen LogP contribution is -2.39. The Morgan fingerprint density at radius 3 is 2.33 bits per heavy atom. The normalized spacial score (nSPS) is 14.1. The van der Waals surface area contributed by atoms with Crippen LogP contribution in [0, 0.1) is 0 Å². The predicted molar refractivity (Wildman–Crippen MR) is 59.0 cm³/mol. The minimum atomic E-state index is -2.94. The number of hydrogen-bond acceptors (Lipinski definition) is 5. The number of rotatable bonds is 7. The zero-order chi connectivity index (χ0) is 12.1. The van der Waals surface area contributed by atoms with E-state index in [0.717, 1.165) is 0 Å². The van der Waals surface area contributed by atoms with E-state index in [-0.39, 0.29) is 5.75 Å². The highest BCUT2D eigenvalue weighted by atomic mass is 32.2. The summed E-state index contributed by atoms with van der Waals surface area (Å²) in [5, 5.41) is 0. The molecule has 0 bridgehead atoms. The van der Waals surface area contributed by atoms with Crippen LogP contribution < -0.4 is 11.5 Å². The summed E-state index contributed by atoms with van der Waals surface area (Å²) in [4.78, 5) is 12.4. The quantitative estimate of drug-likeness (QED) is 0.541. The molecule has 90 valence electrons. The van der Waals surface area contributed by atoms with Gasteiger partial charge in [0.2, 0.25) is 5.91 Å². The molecule has 0 spiro atoms. The van der Waals surface area contributed by atoms with Crippen molar-refractivity contribution in [2.45, 2.75) is 12.5 Å². The summed E-state index contributed by atoms with van der Waals surface area (Å²) < 4.78 is 21.7. The third kappa shape index (κ3) is 8.34. The molecule has 4 N–H and O–H groups in total. The number of sulfone groups is 1. The van der Waals surface area contributed by atoms with Gasteiger partial charge in [0.25, 0.3) is 0 Å². The first kappa shape index (κ1) is 14.3. The van der Waals surface area contributed by atoms with Gasteiger partial charge in [0.1, 0.15) is 9.84 Å². The van der Waals surface area contributed by atoms with Crippen molar-refractivity contribution in [3.05, 3.63) is 0 Å². The van der Waals surface area contributed by atoms with Gasteiger partial charge >= 0.3 is 0 Å². The minimum Gasteiger partial charge on any atom is -0.368 e. The van der Waals surface area contributed by atoms with Crippen molar-refractivity contribution in [1.82, 2.24) is 4.90 Å². The van der Waals surface area contributed by atoms with Gasteiger partial charge in [-0.3, -0.25) is 4.79 Å². The molecule has 0 saturated heterocycles. The Balaban J connectivity index is 3.76. The average Bonchev–Trinajstić information content (AvgIpc) is 2.09. The van der Waals surface area contributed by atoms with Crippen molar-refractivity contribution in [3.8, 4) is 0 Å². The van der Waals surface area contributed by atoms with Crippen molar-refractivity contribution < 1.29 is 13.2 Å². The molecule has 7 heteroatoms. The first-order chi connectivity index (χ1) is 6.72. The zero-order valence-electron chi connectivity index (χ0n) is 9.14. The summed E-state index contributed by atoms with van der Waals surface area (Å²) in [5.41, 5.74) is 10.4. The van der Waals surface area contributed by atoms with E-state index in [4.69, 9.17) is 11.5 Å². The van der Waals surface area contributed by atoms with Gasteiger partial charge in [-0.25, -0.2) is 8.42 Å². The lowest BCUT2D eigenvalue weighted by Gasteiger charge is -2.17. The molecule has 1 amide bonds. The maximum absolute atomic E-state index is 10.9. The second kappa shape index (κ2) is 6.04. The van der Waals surface area contributed by atoms with Crippen LogP contribution in [0.1, 0.15) is 6.42 Å². The molecule has 0 aromatic carbocycles. The predicted octanol–water partition coefficient (Wildman–Crippen LogP) is -1.83. The van der Waals surface area contributed by atoms with Gasteiger partial charge in [-0.2, -0.15) is 0 Å². The third-order valence-electron chi connectivity index (χ3n) is 2.03. The number of amides is 1. The van der Waals surface area contributed by atoms with Crippen LogP contribution >= 0.6 is 0 Å². The van der Waals surface area contributed by atoms with Crippen LogP contribution in [-0.2, 0) is 14.6 Å².